The number of alkyl halides is 2. The van der Waals surface area contributed by atoms with Crippen LogP contribution in [0.3, 0.4) is 0 Å². The predicted molar refractivity (Wildman–Crippen MR) is 41.0 cm³/mol. The maximum absolute atomic E-state index is 13.1. The van der Waals surface area contributed by atoms with Crippen molar-refractivity contribution in [2.24, 2.45) is 0 Å². The summed E-state index contributed by atoms with van der Waals surface area (Å²) in [6.07, 6.45) is 0.941. The predicted octanol–water partition coefficient (Wildman–Crippen LogP) is 2.20. The Bertz CT molecular complexity index is 359. The lowest BCUT2D eigenvalue weighted by Gasteiger charge is -2.05. The Morgan fingerprint density at radius 2 is 2.21 bits per heavy atom. The Hall–Kier alpha value is -1.30. The van der Waals surface area contributed by atoms with E-state index >= 15 is 0 Å². The van der Waals surface area contributed by atoms with Gasteiger partial charge in [0.25, 0.3) is 11.1 Å². The standard InChI is InChI=1S/C7H3ClF3NO2/c8-5(13)3-1-2-12-6(4(3)9)14-7(10)11/h1-2,7H. The molecule has 0 atom stereocenters. The molecule has 0 aliphatic heterocycles. The highest BCUT2D eigenvalue weighted by Crippen LogP contribution is 2.20. The summed E-state index contributed by atoms with van der Waals surface area (Å²) < 4.78 is 40.1. The number of pyridine rings is 1. The van der Waals surface area contributed by atoms with Crippen LogP contribution in [-0.4, -0.2) is 16.8 Å². The van der Waals surface area contributed by atoms with Gasteiger partial charge in [0.05, 0.1) is 5.56 Å². The molecule has 14 heavy (non-hydrogen) atoms. The van der Waals surface area contributed by atoms with Crippen LogP contribution in [0.15, 0.2) is 12.3 Å². The molecular weight excluding hydrogens is 223 g/mol. The number of carbonyl (C=O) groups is 1. The Morgan fingerprint density at radius 1 is 1.57 bits per heavy atom. The summed E-state index contributed by atoms with van der Waals surface area (Å²) in [6, 6.07) is 0.961. The molecule has 0 spiro atoms. The van der Waals surface area contributed by atoms with E-state index in [0.717, 1.165) is 12.3 Å². The van der Waals surface area contributed by atoms with Crippen molar-refractivity contribution in [3.8, 4) is 5.88 Å². The van der Waals surface area contributed by atoms with Crippen LogP contribution < -0.4 is 4.74 Å². The number of hydrogen-bond acceptors (Lipinski definition) is 3. The maximum Gasteiger partial charge on any atom is 0.388 e. The van der Waals surface area contributed by atoms with Gasteiger partial charge in [0.15, 0.2) is 5.82 Å². The first kappa shape index (κ1) is 10.8. The summed E-state index contributed by atoms with van der Waals surface area (Å²) in [4.78, 5) is 13.7. The van der Waals surface area contributed by atoms with Crippen LogP contribution in [-0.2, 0) is 0 Å². The van der Waals surface area contributed by atoms with Crippen LogP contribution in [0.4, 0.5) is 13.2 Å². The molecule has 0 saturated carbocycles. The van der Waals surface area contributed by atoms with Gasteiger partial charge in [-0.25, -0.2) is 9.37 Å². The van der Waals surface area contributed by atoms with Gasteiger partial charge in [0.1, 0.15) is 0 Å². The normalized spacial score (nSPS) is 10.4. The van der Waals surface area contributed by atoms with Gasteiger partial charge in [-0.1, -0.05) is 0 Å². The Balaban J connectivity index is 3.07. The second-order valence-corrected chi connectivity index (χ2v) is 2.47. The summed E-state index contributed by atoms with van der Waals surface area (Å²) in [7, 11) is 0. The van der Waals surface area contributed by atoms with Crippen molar-refractivity contribution < 1.29 is 22.7 Å². The molecule has 0 saturated heterocycles. The number of aromatic nitrogens is 1. The number of hydrogen-bond donors (Lipinski definition) is 0. The Kier molecular flexibility index (Phi) is 3.29. The van der Waals surface area contributed by atoms with Gasteiger partial charge in [-0.15, -0.1) is 0 Å². The summed E-state index contributed by atoms with van der Waals surface area (Å²) in [5.41, 5.74) is -0.558. The van der Waals surface area contributed by atoms with E-state index in [4.69, 9.17) is 11.6 Å². The zero-order valence-corrected chi connectivity index (χ0v) is 7.26. The second kappa shape index (κ2) is 4.28. The summed E-state index contributed by atoms with van der Waals surface area (Å²) >= 11 is 4.97. The minimum Gasteiger partial charge on any atom is -0.414 e. The van der Waals surface area contributed by atoms with E-state index in [2.05, 4.69) is 9.72 Å². The van der Waals surface area contributed by atoms with Crippen molar-refractivity contribution in [2.45, 2.75) is 6.61 Å². The van der Waals surface area contributed by atoms with Crippen molar-refractivity contribution in [3.63, 3.8) is 0 Å². The largest absolute Gasteiger partial charge is 0.414 e. The first-order valence-corrected chi connectivity index (χ1v) is 3.69. The lowest BCUT2D eigenvalue weighted by Crippen LogP contribution is -2.07. The van der Waals surface area contributed by atoms with E-state index in [1.165, 1.54) is 0 Å². The maximum atomic E-state index is 13.1. The van der Waals surface area contributed by atoms with E-state index < -0.39 is 29.1 Å². The molecule has 0 bridgehead atoms. The lowest BCUT2D eigenvalue weighted by molar-refractivity contribution is -0.0554. The van der Waals surface area contributed by atoms with E-state index in [9.17, 15) is 18.0 Å². The van der Waals surface area contributed by atoms with Gasteiger partial charge in [-0.05, 0) is 17.7 Å². The van der Waals surface area contributed by atoms with Gasteiger partial charge in [0, 0.05) is 6.20 Å². The average Bonchev–Trinajstić information content (AvgIpc) is 2.07. The van der Waals surface area contributed by atoms with Crippen LogP contribution >= 0.6 is 11.6 Å². The summed E-state index contributed by atoms with van der Waals surface area (Å²) in [5.74, 6) is -2.25. The van der Waals surface area contributed by atoms with Gasteiger partial charge in [0.2, 0.25) is 0 Å². The monoisotopic (exact) mass is 225 g/mol. The molecule has 0 radical (unpaired) electrons. The minimum absolute atomic E-state index is 0.558. The molecule has 0 aliphatic rings. The van der Waals surface area contributed by atoms with E-state index in [0.29, 0.717) is 0 Å². The van der Waals surface area contributed by atoms with Crippen molar-refractivity contribution in [1.29, 1.82) is 0 Å². The second-order valence-electron chi connectivity index (χ2n) is 2.13. The van der Waals surface area contributed by atoms with E-state index in [1.54, 1.807) is 0 Å². The molecule has 7 heteroatoms. The lowest BCUT2D eigenvalue weighted by atomic mass is 10.3. The summed E-state index contributed by atoms with van der Waals surface area (Å²) in [5, 5.41) is -1.11. The highest BCUT2D eigenvalue weighted by atomic mass is 35.5. The molecule has 1 aromatic heterocycles. The number of carbonyl (C=O) groups excluding carboxylic acids is 1. The van der Waals surface area contributed by atoms with Crippen LogP contribution in [0.2, 0.25) is 0 Å². The zero-order valence-electron chi connectivity index (χ0n) is 6.51. The molecule has 0 aromatic carbocycles. The minimum atomic E-state index is -3.21. The molecule has 0 unspecified atom stereocenters. The van der Waals surface area contributed by atoms with Crippen molar-refractivity contribution >= 4 is 16.8 Å². The molecule has 1 aromatic rings. The molecule has 76 valence electrons. The summed E-state index contributed by atoms with van der Waals surface area (Å²) in [6.45, 7) is -3.21. The molecule has 0 fully saturated rings. The molecule has 1 rings (SSSR count). The fourth-order valence-corrected chi connectivity index (χ4v) is 0.889. The van der Waals surface area contributed by atoms with Crippen LogP contribution in [0.1, 0.15) is 10.4 Å². The Morgan fingerprint density at radius 3 is 2.71 bits per heavy atom. The molecule has 1 heterocycles. The van der Waals surface area contributed by atoms with Crippen LogP contribution in [0.25, 0.3) is 0 Å². The quantitative estimate of drug-likeness (QED) is 0.741. The highest BCUT2D eigenvalue weighted by molar-refractivity contribution is 6.67. The number of halogens is 4. The van der Waals surface area contributed by atoms with E-state index in [-0.39, 0.29) is 0 Å². The zero-order chi connectivity index (χ0) is 10.7. The van der Waals surface area contributed by atoms with Gasteiger partial charge in [-0.2, -0.15) is 8.78 Å². The first-order valence-electron chi connectivity index (χ1n) is 3.31. The fraction of sp³-hybridized carbons (Fsp3) is 0.143. The van der Waals surface area contributed by atoms with Crippen molar-refractivity contribution in [1.82, 2.24) is 4.98 Å². The molecular formula is C7H3ClF3NO2. The van der Waals surface area contributed by atoms with Crippen molar-refractivity contribution in [2.75, 3.05) is 0 Å². The van der Waals surface area contributed by atoms with Gasteiger partial charge in [-0.3, -0.25) is 4.79 Å². The first-order chi connectivity index (χ1) is 6.52. The number of nitrogens with zero attached hydrogens (tertiary/aromatic N) is 1. The highest BCUT2D eigenvalue weighted by Gasteiger charge is 2.17. The number of rotatable bonds is 3. The van der Waals surface area contributed by atoms with Crippen LogP contribution in [0, 0.1) is 5.82 Å². The SMILES string of the molecule is O=C(Cl)c1ccnc(OC(F)F)c1F. The van der Waals surface area contributed by atoms with Gasteiger partial charge < -0.3 is 4.74 Å². The number of ether oxygens (including phenoxy) is 1. The van der Waals surface area contributed by atoms with E-state index in [1.807, 2.05) is 0 Å². The Labute approximate surface area is 81.5 Å². The van der Waals surface area contributed by atoms with Gasteiger partial charge >= 0.3 is 6.61 Å². The molecule has 0 amide bonds. The van der Waals surface area contributed by atoms with Crippen LogP contribution in [0.5, 0.6) is 5.88 Å². The molecule has 3 nitrogen and oxygen atoms in total. The third-order valence-corrected chi connectivity index (χ3v) is 1.47. The average molecular weight is 226 g/mol. The molecule has 0 aliphatic carbocycles. The van der Waals surface area contributed by atoms with Crippen molar-refractivity contribution in [3.05, 3.63) is 23.6 Å². The third-order valence-electron chi connectivity index (χ3n) is 1.27. The topological polar surface area (TPSA) is 39.2 Å². The fourth-order valence-electron chi connectivity index (χ4n) is 0.743. The third kappa shape index (κ3) is 2.35. The molecule has 0 N–H and O–H groups in total. The smallest absolute Gasteiger partial charge is 0.388 e.